The normalized spacial score (nSPS) is 25.9. The third kappa shape index (κ3) is 3.71. The van der Waals surface area contributed by atoms with E-state index in [1.165, 1.54) is 0 Å². The number of aryl methyl sites for hydroxylation is 1. The first kappa shape index (κ1) is 22.6. The molecule has 9 nitrogen and oxygen atoms in total. The molecule has 0 saturated carbocycles. The summed E-state index contributed by atoms with van der Waals surface area (Å²) in [6.45, 7) is 16.7. The summed E-state index contributed by atoms with van der Waals surface area (Å²) in [5, 5.41) is 4.74. The van der Waals surface area contributed by atoms with Crippen LogP contribution in [-0.2, 0) is 25.2 Å². The fourth-order valence-corrected chi connectivity index (χ4v) is 4.18. The molecule has 0 aromatic carbocycles. The van der Waals surface area contributed by atoms with Crippen molar-refractivity contribution in [3.63, 3.8) is 0 Å². The van der Waals surface area contributed by atoms with Crippen molar-refractivity contribution in [2.45, 2.75) is 84.3 Å². The van der Waals surface area contributed by atoms with Gasteiger partial charge in [0.05, 0.1) is 34.5 Å². The molecule has 0 amide bonds. The van der Waals surface area contributed by atoms with Crippen molar-refractivity contribution >= 4 is 36.5 Å². The van der Waals surface area contributed by atoms with Gasteiger partial charge in [0.1, 0.15) is 11.3 Å². The number of fused-ring (bicyclic) bond motifs is 1. The van der Waals surface area contributed by atoms with Gasteiger partial charge in [-0.2, -0.15) is 5.10 Å². The number of hydrogen-bond acceptors (Lipinski definition) is 7. The van der Waals surface area contributed by atoms with Gasteiger partial charge in [-0.05, 0) is 67.5 Å². The van der Waals surface area contributed by atoms with Gasteiger partial charge >= 0.3 is 14.2 Å². The van der Waals surface area contributed by atoms with Gasteiger partial charge in [-0.1, -0.05) is 0 Å². The zero-order valence-corrected chi connectivity index (χ0v) is 20.6. The molecule has 0 radical (unpaired) electrons. The van der Waals surface area contributed by atoms with Gasteiger partial charge in [-0.3, -0.25) is 4.68 Å². The fraction of sp³-hybridized carbons (Fsp3) is 0.591. The third-order valence-corrected chi connectivity index (χ3v) is 7.41. The Morgan fingerprint density at radius 1 is 0.939 bits per heavy atom. The average molecular weight is 451 g/mol. The van der Waals surface area contributed by atoms with Crippen molar-refractivity contribution < 1.29 is 18.6 Å². The largest absolute Gasteiger partial charge is 0.516 e. The molecule has 2 saturated heterocycles. The van der Waals surface area contributed by atoms with Gasteiger partial charge in [-0.25, -0.2) is 9.97 Å². The van der Waals surface area contributed by atoms with Crippen LogP contribution < -0.4 is 11.1 Å². The number of nitrogens with one attached hydrogen (secondary N) is 1. The first-order chi connectivity index (χ1) is 15.3. The van der Waals surface area contributed by atoms with E-state index in [9.17, 15) is 0 Å². The summed E-state index contributed by atoms with van der Waals surface area (Å²) < 4.78 is 27.0. The highest BCUT2D eigenvalue weighted by atomic mass is 16.7. The van der Waals surface area contributed by atoms with Crippen LogP contribution in [0.2, 0.25) is 0 Å². The molecule has 0 spiro atoms. The van der Waals surface area contributed by atoms with Crippen LogP contribution in [0.3, 0.4) is 0 Å². The van der Waals surface area contributed by atoms with Crippen molar-refractivity contribution in [1.82, 2.24) is 24.7 Å². The van der Waals surface area contributed by atoms with E-state index in [0.717, 1.165) is 28.0 Å². The third-order valence-electron chi connectivity index (χ3n) is 7.41. The predicted octanol–water partition coefficient (Wildman–Crippen LogP) is 1.74. The summed E-state index contributed by atoms with van der Waals surface area (Å²) in [4.78, 5) is 12.1. The topological polar surface area (TPSA) is 96.3 Å². The van der Waals surface area contributed by atoms with Crippen LogP contribution in [0.15, 0.2) is 24.5 Å². The number of aromatic amines is 1. The van der Waals surface area contributed by atoms with Crippen molar-refractivity contribution in [3.05, 3.63) is 30.4 Å². The summed E-state index contributed by atoms with van der Waals surface area (Å²) in [7, 11) is -1.04. The quantitative estimate of drug-likeness (QED) is 0.604. The molecule has 0 aliphatic carbocycles. The number of rotatable bonds is 4. The van der Waals surface area contributed by atoms with Gasteiger partial charge in [0.15, 0.2) is 5.65 Å². The molecular formula is C22H31B2N5O4. The van der Waals surface area contributed by atoms with Gasteiger partial charge in [-0.15, -0.1) is 0 Å². The number of imidazole rings is 1. The molecular weight excluding hydrogens is 420 g/mol. The first-order valence-corrected chi connectivity index (χ1v) is 11.4. The SMILES string of the molecule is Cc1nc2cc(B3OC(C)(C)C(C)(Cn4ccc(B5OC(C)(C)C(C)(C)O5)n4)O3)cnc2[nH]1. The molecule has 174 valence electrons. The van der Waals surface area contributed by atoms with E-state index in [1.807, 2.05) is 78.4 Å². The lowest BCUT2D eigenvalue weighted by Crippen LogP contribution is -2.48. The second kappa shape index (κ2) is 7.15. The number of pyridine rings is 1. The van der Waals surface area contributed by atoms with E-state index in [1.54, 1.807) is 6.20 Å². The van der Waals surface area contributed by atoms with E-state index in [4.69, 9.17) is 23.7 Å². The Hall–Kier alpha value is -2.20. The minimum Gasteiger partial charge on any atom is -0.399 e. The molecule has 33 heavy (non-hydrogen) atoms. The lowest BCUT2D eigenvalue weighted by Gasteiger charge is -2.36. The lowest BCUT2D eigenvalue weighted by atomic mass is 9.80. The standard InChI is InChI=1S/C22H31B2N5O4/c1-14-26-16-11-15(12-25-18(16)27-14)23-32-21(6,7)22(8,33-23)13-29-10-9-17(28-29)24-30-19(2,3)20(4,5)31-24/h9-12H,13H2,1-8H3,(H,25,26,27). The van der Waals surface area contributed by atoms with Gasteiger partial charge < -0.3 is 23.6 Å². The summed E-state index contributed by atoms with van der Waals surface area (Å²) >= 11 is 0. The second-order valence-corrected chi connectivity index (χ2v) is 10.8. The van der Waals surface area contributed by atoms with Crippen LogP contribution in [0, 0.1) is 6.92 Å². The highest BCUT2D eigenvalue weighted by Crippen LogP contribution is 2.39. The van der Waals surface area contributed by atoms with E-state index in [0.29, 0.717) is 6.54 Å². The summed E-state index contributed by atoms with van der Waals surface area (Å²) in [5.74, 6) is 0.824. The Bertz CT molecular complexity index is 1190. The predicted molar refractivity (Wildman–Crippen MR) is 127 cm³/mol. The van der Waals surface area contributed by atoms with Crippen molar-refractivity contribution in [2.24, 2.45) is 0 Å². The van der Waals surface area contributed by atoms with E-state index >= 15 is 0 Å². The van der Waals surface area contributed by atoms with Crippen LogP contribution in [-0.4, -0.2) is 61.4 Å². The molecule has 1 atom stereocenters. The summed E-state index contributed by atoms with van der Waals surface area (Å²) in [6, 6.07) is 3.89. The van der Waals surface area contributed by atoms with E-state index in [2.05, 4.69) is 15.0 Å². The fourth-order valence-electron chi connectivity index (χ4n) is 4.18. The molecule has 1 unspecified atom stereocenters. The maximum atomic E-state index is 6.49. The molecule has 5 heterocycles. The maximum absolute atomic E-state index is 6.49. The minimum atomic E-state index is -0.632. The van der Waals surface area contributed by atoms with Crippen LogP contribution in [0.5, 0.6) is 0 Å². The molecule has 2 aliphatic rings. The molecule has 3 aromatic rings. The highest BCUT2D eigenvalue weighted by Gasteiger charge is 2.56. The number of H-pyrrole nitrogens is 1. The minimum absolute atomic E-state index is 0.410. The zero-order valence-electron chi connectivity index (χ0n) is 20.6. The molecule has 1 N–H and O–H groups in total. The monoisotopic (exact) mass is 451 g/mol. The van der Waals surface area contributed by atoms with Gasteiger partial charge in [0.25, 0.3) is 0 Å². The smallest absolute Gasteiger partial charge is 0.399 e. The Labute approximate surface area is 194 Å². The van der Waals surface area contributed by atoms with Crippen LogP contribution in [0.4, 0.5) is 0 Å². The molecule has 3 aromatic heterocycles. The van der Waals surface area contributed by atoms with Crippen LogP contribution >= 0.6 is 0 Å². The Morgan fingerprint density at radius 3 is 2.30 bits per heavy atom. The molecule has 2 fully saturated rings. The molecule has 2 aliphatic heterocycles. The number of hydrogen-bond donors (Lipinski definition) is 1. The van der Waals surface area contributed by atoms with E-state index < -0.39 is 36.6 Å². The summed E-state index contributed by atoms with van der Waals surface area (Å²) in [6.07, 6.45) is 3.70. The zero-order chi connectivity index (χ0) is 23.8. The molecule has 0 bridgehead atoms. The van der Waals surface area contributed by atoms with Gasteiger partial charge in [0, 0.05) is 17.9 Å². The molecule has 11 heteroatoms. The van der Waals surface area contributed by atoms with Crippen molar-refractivity contribution in [1.29, 1.82) is 0 Å². The maximum Gasteiger partial charge on any atom is 0.516 e. The van der Waals surface area contributed by atoms with E-state index in [-0.39, 0.29) is 0 Å². The van der Waals surface area contributed by atoms with Gasteiger partial charge in [0.2, 0.25) is 0 Å². The van der Waals surface area contributed by atoms with Crippen LogP contribution in [0.25, 0.3) is 11.2 Å². The second-order valence-electron chi connectivity index (χ2n) is 10.8. The highest BCUT2D eigenvalue weighted by molar-refractivity contribution is 6.62. The first-order valence-electron chi connectivity index (χ1n) is 11.4. The van der Waals surface area contributed by atoms with Crippen molar-refractivity contribution in [3.8, 4) is 0 Å². The Morgan fingerprint density at radius 2 is 1.61 bits per heavy atom. The number of aromatic nitrogens is 5. The number of nitrogens with zero attached hydrogens (tertiary/aromatic N) is 4. The lowest BCUT2D eigenvalue weighted by molar-refractivity contribution is -0.0241. The Balaban J connectivity index is 1.35. The average Bonchev–Trinajstić information content (AvgIpc) is 3.40. The van der Waals surface area contributed by atoms with Crippen LogP contribution in [0.1, 0.15) is 54.3 Å². The summed E-state index contributed by atoms with van der Waals surface area (Å²) in [5.41, 5.74) is 1.11. The Kier molecular flexibility index (Phi) is 4.89. The molecule has 5 rings (SSSR count). The van der Waals surface area contributed by atoms with Crippen molar-refractivity contribution in [2.75, 3.05) is 0 Å².